The Kier molecular flexibility index (Phi) is 3.21. The molecule has 3 nitrogen and oxygen atoms in total. The summed E-state index contributed by atoms with van der Waals surface area (Å²) in [6, 6.07) is 7.92. The molecule has 2 aromatic rings. The van der Waals surface area contributed by atoms with Gasteiger partial charge in [0.1, 0.15) is 11.6 Å². The van der Waals surface area contributed by atoms with E-state index >= 15 is 0 Å². The summed E-state index contributed by atoms with van der Waals surface area (Å²) < 4.78 is 13.0. The number of phenolic OH excluding ortho intramolecular Hbond substituents is 1. The van der Waals surface area contributed by atoms with Gasteiger partial charge in [0.2, 0.25) is 0 Å². The van der Waals surface area contributed by atoms with Crippen molar-refractivity contribution in [3.05, 3.63) is 52.8 Å². The Morgan fingerprint density at radius 3 is 2.44 bits per heavy atom. The van der Waals surface area contributed by atoms with Gasteiger partial charge in [-0.2, -0.15) is 0 Å². The lowest BCUT2D eigenvalue weighted by atomic mass is 10.0. The molecule has 18 heavy (non-hydrogen) atoms. The van der Waals surface area contributed by atoms with Crippen molar-refractivity contribution >= 4 is 17.6 Å². The molecule has 2 aromatic carbocycles. The Bertz CT molecular complexity index is 626. The molecule has 0 aromatic heterocycles. The summed E-state index contributed by atoms with van der Waals surface area (Å²) in [6.07, 6.45) is 0. The van der Waals surface area contributed by atoms with Crippen LogP contribution in [0.15, 0.2) is 36.4 Å². The van der Waals surface area contributed by atoms with E-state index in [1.165, 1.54) is 30.3 Å². The maximum absolute atomic E-state index is 13.0. The van der Waals surface area contributed by atoms with E-state index in [1.54, 1.807) is 0 Å². The zero-order valence-electron chi connectivity index (χ0n) is 9.02. The molecule has 92 valence electrons. The minimum Gasteiger partial charge on any atom is -0.508 e. The average molecular weight is 267 g/mol. The van der Waals surface area contributed by atoms with Gasteiger partial charge in [0.15, 0.2) is 0 Å². The number of carboxylic acids is 1. The van der Waals surface area contributed by atoms with Crippen LogP contribution in [0.1, 0.15) is 10.4 Å². The molecule has 0 aliphatic heterocycles. The van der Waals surface area contributed by atoms with Crippen LogP contribution in [-0.2, 0) is 0 Å². The molecule has 2 rings (SSSR count). The fraction of sp³-hybridized carbons (Fsp3) is 0. The summed E-state index contributed by atoms with van der Waals surface area (Å²) in [7, 11) is 0. The second-order valence-electron chi connectivity index (χ2n) is 3.70. The highest BCUT2D eigenvalue weighted by Gasteiger charge is 2.09. The van der Waals surface area contributed by atoms with Crippen LogP contribution in [0, 0.1) is 5.82 Å². The molecule has 0 saturated carbocycles. The molecule has 0 bridgehead atoms. The second kappa shape index (κ2) is 4.66. The summed E-state index contributed by atoms with van der Waals surface area (Å²) in [5.41, 5.74) is 0.930. The number of rotatable bonds is 2. The summed E-state index contributed by atoms with van der Waals surface area (Å²) >= 11 is 5.65. The highest BCUT2D eigenvalue weighted by molar-refractivity contribution is 6.31. The quantitative estimate of drug-likeness (QED) is 0.874. The van der Waals surface area contributed by atoms with Gasteiger partial charge in [0, 0.05) is 0 Å². The minimum atomic E-state index is -1.15. The lowest BCUT2D eigenvalue weighted by molar-refractivity contribution is 0.0696. The highest BCUT2D eigenvalue weighted by atomic mass is 35.5. The third-order valence-electron chi connectivity index (χ3n) is 2.42. The maximum atomic E-state index is 13.0. The predicted molar refractivity (Wildman–Crippen MR) is 65.5 cm³/mol. The zero-order chi connectivity index (χ0) is 13.3. The van der Waals surface area contributed by atoms with Crippen molar-refractivity contribution in [2.45, 2.75) is 0 Å². The smallest absolute Gasteiger partial charge is 0.335 e. The number of aromatic hydroxyl groups is 1. The van der Waals surface area contributed by atoms with Gasteiger partial charge in [-0.1, -0.05) is 17.7 Å². The van der Waals surface area contributed by atoms with Crippen molar-refractivity contribution in [1.82, 2.24) is 0 Å². The molecular formula is C13H8ClFO3. The van der Waals surface area contributed by atoms with Gasteiger partial charge in [-0.3, -0.25) is 0 Å². The van der Waals surface area contributed by atoms with E-state index in [0.717, 1.165) is 6.07 Å². The van der Waals surface area contributed by atoms with E-state index in [2.05, 4.69) is 0 Å². The lowest BCUT2D eigenvalue weighted by Gasteiger charge is -2.05. The first-order valence-corrected chi connectivity index (χ1v) is 5.38. The summed E-state index contributed by atoms with van der Waals surface area (Å²) in [5, 5.41) is 18.3. The van der Waals surface area contributed by atoms with Gasteiger partial charge >= 0.3 is 5.97 Å². The molecule has 0 atom stereocenters. The van der Waals surface area contributed by atoms with Gasteiger partial charge in [0.05, 0.1) is 10.6 Å². The van der Waals surface area contributed by atoms with Gasteiger partial charge < -0.3 is 10.2 Å². The lowest BCUT2D eigenvalue weighted by Crippen LogP contribution is -1.96. The Morgan fingerprint density at radius 2 is 1.83 bits per heavy atom. The Morgan fingerprint density at radius 1 is 1.11 bits per heavy atom. The van der Waals surface area contributed by atoms with Crippen molar-refractivity contribution in [3.63, 3.8) is 0 Å². The van der Waals surface area contributed by atoms with Crippen LogP contribution in [0.4, 0.5) is 4.39 Å². The van der Waals surface area contributed by atoms with E-state index in [1.807, 2.05) is 0 Å². The molecular weight excluding hydrogens is 259 g/mol. The van der Waals surface area contributed by atoms with E-state index in [0.29, 0.717) is 11.1 Å². The second-order valence-corrected chi connectivity index (χ2v) is 4.11. The Labute approximate surface area is 107 Å². The molecule has 0 spiro atoms. The number of phenols is 1. The third kappa shape index (κ3) is 2.43. The molecule has 2 N–H and O–H groups in total. The predicted octanol–water partition coefficient (Wildman–Crippen LogP) is 3.55. The first-order valence-electron chi connectivity index (χ1n) is 5.00. The van der Waals surface area contributed by atoms with E-state index in [4.69, 9.17) is 16.7 Å². The van der Waals surface area contributed by atoms with E-state index in [-0.39, 0.29) is 16.3 Å². The van der Waals surface area contributed by atoms with Crippen molar-refractivity contribution in [2.75, 3.05) is 0 Å². The molecule has 0 aliphatic carbocycles. The largest absolute Gasteiger partial charge is 0.508 e. The van der Waals surface area contributed by atoms with Gasteiger partial charge in [-0.05, 0) is 41.5 Å². The third-order valence-corrected chi connectivity index (χ3v) is 2.71. The van der Waals surface area contributed by atoms with Crippen molar-refractivity contribution in [3.8, 4) is 16.9 Å². The molecule has 0 radical (unpaired) electrons. The number of benzene rings is 2. The van der Waals surface area contributed by atoms with Gasteiger partial charge in [0.25, 0.3) is 0 Å². The number of halogens is 2. The molecule has 0 fully saturated rings. The van der Waals surface area contributed by atoms with E-state index < -0.39 is 11.8 Å². The Hall–Kier alpha value is -2.07. The van der Waals surface area contributed by atoms with Crippen LogP contribution in [0.3, 0.4) is 0 Å². The first-order chi connectivity index (χ1) is 8.47. The number of carboxylic acid groups (broad SMARTS) is 1. The van der Waals surface area contributed by atoms with Crippen LogP contribution < -0.4 is 0 Å². The first kappa shape index (κ1) is 12.4. The number of hydrogen-bond donors (Lipinski definition) is 2. The summed E-state index contributed by atoms with van der Waals surface area (Å²) in [4.78, 5) is 10.9. The molecule has 0 amide bonds. The number of aromatic carboxylic acids is 1. The van der Waals surface area contributed by atoms with Crippen molar-refractivity contribution in [1.29, 1.82) is 0 Å². The molecule has 0 heterocycles. The van der Waals surface area contributed by atoms with Crippen LogP contribution in [0.5, 0.6) is 5.75 Å². The molecule has 0 saturated heterocycles. The van der Waals surface area contributed by atoms with Crippen LogP contribution in [-0.4, -0.2) is 16.2 Å². The van der Waals surface area contributed by atoms with E-state index in [9.17, 15) is 14.3 Å². The van der Waals surface area contributed by atoms with Gasteiger partial charge in [-0.15, -0.1) is 0 Å². The standard InChI is InChI=1S/C13H8ClFO3/c14-11-6-7(1-2-12(11)15)8-3-9(13(17)18)5-10(16)4-8/h1-6,16H,(H,17,18). The maximum Gasteiger partial charge on any atom is 0.335 e. The van der Waals surface area contributed by atoms with Crippen LogP contribution in [0.25, 0.3) is 11.1 Å². The molecule has 0 unspecified atom stereocenters. The fourth-order valence-corrected chi connectivity index (χ4v) is 1.76. The summed E-state index contributed by atoms with van der Waals surface area (Å²) in [6.45, 7) is 0. The monoisotopic (exact) mass is 266 g/mol. The van der Waals surface area contributed by atoms with Crippen LogP contribution >= 0.6 is 11.6 Å². The summed E-state index contributed by atoms with van der Waals surface area (Å²) in [5.74, 6) is -1.88. The normalized spacial score (nSPS) is 10.3. The number of carbonyl (C=O) groups is 1. The van der Waals surface area contributed by atoms with Crippen molar-refractivity contribution < 1.29 is 19.4 Å². The van der Waals surface area contributed by atoms with Crippen LogP contribution in [0.2, 0.25) is 5.02 Å². The topological polar surface area (TPSA) is 57.5 Å². The SMILES string of the molecule is O=C(O)c1cc(O)cc(-c2ccc(F)c(Cl)c2)c1. The molecule has 5 heteroatoms. The molecule has 0 aliphatic rings. The van der Waals surface area contributed by atoms with Gasteiger partial charge in [-0.25, -0.2) is 9.18 Å². The minimum absolute atomic E-state index is 0.0505. The zero-order valence-corrected chi connectivity index (χ0v) is 9.78. The average Bonchev–Trinajstić information content (AvgIpc) is 2.31. The Balaban J connectivity index is 2.56. The van der Waals surface area contributed by atoms with Crippen molar-refractivity contribution in [2.24, 2.45) is 0 Å². The highest BCUT2D eigenvalue weighted by Crippen LogP contribution is 2.28. The number of hydrogen-bond acceptors (Lipinski definition) is 2. The fourth-order valence-electron chi connectivity index (χ4n) is 1.58.